The number of nitrogens with zero attached hydrogens (tertiary/aromatic N) is 2. The number of nitrogens with one attached hydrogen (secondary N) is 2. The van der Waals surface area contributed by atoms with E-state index >= 15 is 0 Å². The lowest BCUT2D eigenvalue weighted by Gasteiger charge is -2.04. The van der Waals surface area contributed by atoms with E-state index in [1.807, 2.05) is 42.5 Å². The Balaban J connectivity index is 1.79. The summed E-state index contributed by atoms with van der Waals surface area (Å²) in [5.41, 5.74) is 1.96. The first-order chi connectivity index (χ1) is 11.6. The minimum Gasteiger partial charge on any atom is -0.497 e. The number of hydrogen-bond acceptors (Lipinski definition) is 4. The highest BCUT2D eigenvalue weighted by atomic mass is 127. The molecule has 0 unspecified atom stereocenters. The summed E-state index contributed by atoms with van der Waals surface area (Å²) in [6.07, 6.45) is 0. The number of halogens is 1. The topological polar surface area (TPSA) is 82.0 Å². The molecule has 0 saturated heterocycles. The van der Waals surface area contributed by atoms with Gasteiger partial charge < -0.3 is 20.1 Å². The van der Waals surface area contributed by atoms with Crippen molar-refractivity contribution in [2.24, 2.45) is 10.2 Å². The second-order valence-electron chi connectivity index (χ2n) is 4.84. The average Bonchev–Trinajstić information content (AvgIpc) is 2.91. The number of H-pyrrole nitrogens is 1. The van der Waals surface area contributed by atoms with Crippen molar-refractivity contribution in [3.8, 4) is 11.6 Å². The molecule has 1 heterocycles. The molecule has 3 rings (SSSR count). The number of methoxy groups -OCH3 is 1. The second-order valence-corrected chi connectivity index (χ2v) is 6.39. The van der Waals surface area contributed by atoms with E-state index in [4.69, 9.17) is 17.0 Å². The Morgan fingerprint density at radius 2 is 2.00 bits per heavy atom. The number of fused-ring (bicyclic) bond motifs is 1. The maximum atomic E-state index is 10.0. The normalized spacial score (nSPS) is 11.1. The van der Waals surface area contributed by atoms with Crippen molar-refractivity contribution < 1.29 is 9.84 Å². The number of thiocarbonyl (C=S) groups is 1. The average molecular weight is 452 g/mol. The Morgan fingerprint density at radius 3 is 2.71 bits per heavy atom. The zero-order valence-electron chi connectivity index (χ0n) is 12.6. The molecule has 122 valence electrons. The summed E-state index contributed by atoms with van der Waals surface area (Å²) >= 11 is 7.35. The molecule has 0 atom stereocenters. The minimum atomic E-state index is -0.0369. The minimum absolute atomic E-state index is 0.0369. The predicted octanol–water partition coefficient (Wildman–Crippen LogP) is 4.97. The highest BCUT2D eigenvalue weighted by Crippen LogP contribution is 2.37. The highest BCUT2D eigenvalue weighted by molar-refractivity contribution is 14.1. The van der Waals surface area contributed by atoms with Crippen LogP contribution in [-0.2, 0) is 0 Å². The molecule has 0 aliphatic rings. The van der Waals surface area contributed by atoms with Gasteiger partial charge in [0.05, 0.1) is 12.6 Å². The van der Waals surface area contributed by atoms with Gasteiger partial charge in [-0.1, -0.05) is 12.1 Å². The number of rotatable bonds is 3. The van der Waals surface area contributed by atoms with Gasteiger partial charge in [-0.2, -0.15) is 0 Å². The van der Waals surface area contributed by atoms with Crippen LogP contribution in [0.2, 0.25) is 0 Å². The molecule has 0 radical (unpaired) electrons. The summed E-state index contributed by atoms with van der Waals surface area (Å²) in [6.45, 7) is 0. The summed E-state index contributed by atoms with van der Waals surface area (Å²) in [7, 11) is 1.61. The summed E-state index contributed by atoms with van der Waals surface area (Å²) in [5, 5.41) is 22.0. The quantitative estimate of drug-likeness (QED) is 0.298. The van der Waals surface area contributed by atoms with E-state index in [-0.39, 0.29) is 11.0 Å². The number of ether oxygens (including phenoxy) is 1. The molecule has 0 amide bonds. The molecule has 3 N–H and O–H groups in total. The molecule has 8 heteroatoms. The first-order valence-corrected chi connectivity index (χ1v) is 8.43. The van der Waals surface area contributed by atoms with Crippen molar-refractivity contribution in [3.63, 3.8) is 0 Å². The third-order valence-corrected chi connectivity index (χ3v) is 4.40. The van der Waals surface area contributed by atoms with Crippen LogP contribution in [0.1, 0.15) is 0 Å². The fraction of sp³-hybridized carbons (Fsp3) is 0.0625. The largest absolute Gasteiger partial charge is 0.497 e. The standard InChI is InChI=1S/C16H13IN4O2S/c1-23-10-7-5-9(6-8-10)18-16(24)21-20-14-11-3-2-4-12(17)13(11)19-15(14)22/h2-8,19,22H,1H3,(H,18,24). The Bertz CT molecular complexity index is 922. The van der Waals surface area contributed by atoms with Gasteiger partial charge in [0.2, 0.25) is 11.0 Å². The van der Waals surface area contributed by atoms with Crippen molar-refractivity contribution in [2.45, 2.75) is 0 Å². The number of aromatic hydroxyl groups is 1. The number of aromatic nitrogens is 1. The van der Waals surface area contributed by atoms with Crippen LogP contribution in [0.4, 0.5) is 11.4 Å². The first kappa shape index (κ1) is 16.7. The molecule has 3 aromatic rings. The van der Waals surface area contributed by atoms with Gasteiger partial charge in [0.25, 0.3) is 0 Å². The van der Waals surface area contributed by atoms with Gasteiger partial charge in [0.1, 0.15) is 5.75 Å². The molecule has 6 nitrogen and oxygen atoms in total. The number of benzene rings is 2. The number of azo groups is 1. The fourth-order valence-corrected chi connectivity index (χ4v) is 2.96. The van der Waals surface area contributed by atoms with E-state index in [1.54, 1.807) is 7.11 Å². The third kappa shape index (κ3) is 3.49. The van der Waals surface area contributed by atoms with Crippen LogP contribution >= 0.6 is 34.8 Å². The summed E-state index contributed by atoms with van der Waals surface area (Å²) in [5.74, 6) is 0.719. The van der Waals surface area contributed by atoms with E-state index in [2.05, 4.69) is 43.1 Å². The Hall–Kier alpha value is -2.20. The molecule has 0 aliphatic heterocycles. The first-order valence-electron chi connectivity index (χ1n) is 6.94. The number of para-hydroxylation sites is 1. The molecular weight excluding hydrogens is 439 g/mol. The maximum absolute atomic E-state index is 10.0. The van der Waals surface area contributed by atoms with Gasteiger partial charge in [-0.3, -0.25) is 0 Å². The molecule has 0 bridgehead atoms. The van der Waals surface area contributed by atoms with Crippen LogP contribution in [-0.4, -0.2) is 22.3 Å². The fourth-order valence-electron chi connectivity index (χ4n) is 2.17. The van der Waals surface area contributed by atoms with E-state index < -0.39 is 0 Å². The van der Waals surface area contributed by atoms with Crippen molar-refractivity contribution >= 4 is 62.2 Å². The van der Waals surface area contributed by atoms with Crippen LogP contribution in [0, 0.1) is 3.57 Å². The molecule has 0 spiro atoms. The van der Waals surface area contributed by atoms with Gasteiger partial charge in [-0.25, -0.2) is 0 Å². The van der Waals surface area contributed by atoms with Crippen molar-refractivity contribution in [1.29, 1.82) is 0 Å². The molecule has 2 aromatic carbocycles. The number of anilines is 1. The van der Waals surface area contributed by atoms with E-state index in [9.17, 15) is 5.11 Å². The molecule has 0 aliphatic carbocycles. The lowest BCUT2D eigenvalue weighted by Crippen LogP contribution is -2.04. The maximum Gasteiger partial charge on any atom is 0.218 e. The molecule has 24 heavy (non-hydrogen) atoms. The van der Waals surface area contributed by atoms with Gasteiger partial charge in [-0.05, 0) is 65.1 Å². The second kappa shape index (κ2) is 7.14. The summed E-state index contributed by atoms with van der Waals surface area (Å²) in [4.78, 5) is 2.90. The monoisotopic (exact) mass is 452 g/mol. The Labute approximate surface area is 157 Å². The van der Waals surface area contributed by atoms with Crippen molar-refractivity contribution in [2.75, 3.05) is 12.4 Å². The van der Waals surface area contributed by atoms with Crippen LogP contribution in [0.25, 0.3) is 10.9 Å². The summed E-state index contributed by atoms with van der Waals surface area (Å²) in [6, 6.07) is 13.0. The molecule has 1 aromatic heterocycles. The Morgan fingerprint density at radius 1 is 1.25 bits per heavy atom. The van der Waals surface area contributed by atoms with E-state index in [1.165, 1.54) is 0 Å². The van der Waals surface area contributed by atoms with Gasteiger partial charge in [-0.15, -0.1) is 10.2 Å². The van der Waals surface area contributed by atoms with Gasteiger partial charge >= 0.3 is 0 Å². The van der Waals surface area contributed by atoms with Crippen LogP contribution in [0.15, 0.2) is 52.7 Å². The van der Waals surface area contributed by atoms with Crippen LogP contribution < -0.4 is 10.1 Å². The zero-order valence-corrected chi connectivity index (χ0v) is 15.6. The van der Waals surface area contributed by atoms with Crippen molar-refractivity contribution in [3.05, 3.63) is 46.0 Å². The van der Waals surface area contributed by atoms with Crippen LogP contribution in [0.3, 0.4) is 0 Å². The van der Waals surface area contributed by atoms with Crippen molar-refractivity contribution in [1.82, 2.24) is 4.98 Å². The van der Waals surface area contributed by atoms with E-state index in [0.717, 1.165) is 25.9 Å². The smallest absolute Gasteiger partial charge is 0.218 e. The molecule has 0 saturated carbocycles. The van der Waals surface area contributed by atoms with Gasteiger partial charge in [0, 0.05) is 14.6 Å². The number of hydrogen-bond donors (Lipinski definition) is 3. The zero-order chi connectivity index (χ0) is 17.1. The van der Waals surface area contributed by atoms with Crippen LogP contribution in [0.5, 0.6) is 11.6 Å². The summed E-state index contributed by atoms with van der Waals surface area (Å²) < 4.78 is 6.09. The molecule has 0 fully saturated rings. The van der Waals surface area contributed by atoms with Gasteiger partial charge in [0.15, 0.2) is 5.69 Å². The molecular formula is C16H13IN4O2S. The Kier molecular flexibility index (Phi) is 4.95. The highest BCUT2D eigenvalue weighted by Gasteiger charge is 2.12. The number of aromatic amines is 1. The third-order valence-electron chi connectivity index (χ3n) is 3.32. The predicted molar refractivity (Wildman–Crippen MR) is 106 cm³/mol. The lowest BCUT2D eigenvalue weighted by atomic mass is 10.2. The lowest BCUT2D eigenvalue weighted by molar-refractivity contribution is 0.415. The SMILES string of the molecule is COc1ccc(NC(=S)N=Nc2c(O)[nH]c3c(I)cccc23)cc1. The van der Waals surface area contributed by atoms with E-state index in [0.29, 0.717) is 5.69 Å².